The highest BCUT2D eigenvalue weighted by atomic mass is 32.2. The van der Waals surface area contributed by atoms with Gasteiger partial charge in [-0.3, -0.25) is 14.4 Å². The molecule has 10 heteroatoms. The Labute approximate surface area is 206 Å². The minimum absolute atomic E-state index is 0.101. The Balaban J connectivity index is 1.43. The number of amides is 3. The van der Waals surface area contributed by atoms with Crippen LogP contribution in [0, 0.1) is 19.8 Å². The second-order valence-electron chi connectivity index (χ2n) is 8.89. The van der Waals surface area contributed by atoms with E-state index >= 15 is 0 Å². The Morgan fingerprint density at radius 1 is 0.943 bits per heavy atom. The number of piperidine rings is 1. The fraction of sp³-hybridized carbons (Fsp3) is 0.400. The van der Waals surface area contributed by atoms with Crippen LogP contribution in [0.3, 0.4) is 0 Å². The summed E-state index contributed by atoms with van der Waals surface area (Å²) in [5, 5.41) is 5.39. The molecule has 2 aromatic rings. The van der Waals surface area contributed by atoms with Crippen molar-refractivity contribution in [3.05, 3.63) is 59.7 Å². The number of carbonyl (C=O) groups excluding carboxylic acids is 3. The van der Waals surface area contributed by atoms with Crippen molar-refractivity contribution in [1.82, 2.24) is 14.9 Å². The molecule has 3 N–H and O–H groups in total. The molecule has 35 heavy (non-hydrogen) atoms. The Kier molecular flexibility index (Phi) is 8.63. The van der Waals surface area contributed by atoms with Crippen molar-refractivity contribution in [3.63, 3.8) is 0 Å². The quantitative estimate of drug-likeness (QED) is 0.511. The van der Waals surface area contributed by atoms with E-state index in [0.717, 1.165) is 11.1 Å². The highest BCUT2D eigenvalue weighted by Crippen LogP contribution is 2.19. The highest BCUT2D eigenvalue weighted by Gasteiger charge is 2.31. The van der Waals surface area contributed by atoms with E-state index < -0.39 is 16.1 Å². The van der Waals surface area contributed by atoms with Crippen LogP contribution in [-0.2, 0) is 24.4 Å². The van der Waals surface area contributed by atoms with Gasteiger partial charge in [0.05, 0.1) is 17.5 Å². The number of rotatable bonds is 8. The van der Waals surface area contributed by atoms with Crippen LogP contribution in [0.5, 0.6) is 0 Å². The molecule has 0 radical (unpaired) electrons. The minimum Gasteiger partial charge on any atom is -0.347 e. The van der Waals surface area contributed by atoms with Gasteiger partial charge in [0, 0.05) is 24.7 Å². The lowest BCUT2D eigenvalue weighted by molar-refractivity contribution is -0.136. The number of anilines is 1. The normalized spacial score (nSPS) is 15.3. The van der Waals surface area contributed by atoms with E-state index in [4.69, 9.17) is 0 Å². The van der Waals surface area contributed by atoms with Gasteiger partial charge in [-0.25, -0.2) is 8.42 Å². The third kappa shape index (κ3) is 7.37. The second kappa shape index (κ2) is 11.5. The molecular formula is C25H32N4O5S. The Morgan fingerprint density at radius 2 is 1.49 bits per heavy atom. The van der Waals surface area contributed by atoms with Crippen molar-refractivity contribution in [2.24, 2.45) is 5.92 Å². The number of likely N-dealkylation sites (tertiary alicyclic amines) is 1. The van der Waals surface area contributed by atoms with E-state index in [9.17, 15) is 22.8 Å². The summed E-state index contributed by atoms with van der Waals surface area (Å²) >= 11 is 0. The number of hydrogen-bond donors (Lipinski definition) is 3. The Hall–Kier alpha value is -3.24. The zero-order valence-corrected chi connectivity index (χ0v) is 21.0. The van der Waals surface area contributed by atoms with Gasteiger partial charge in [-0.15, -0.1) is 0 Å². The lowest BCUT2D eigenvalue weighted by atomic mass is 9.95. The lowest BCUT2D eigenvalue weighted by Crippen LogP contribution is -2.50. The van der Waals surface area contributed by atoms with Crippen LogP contribution in [0.1, 0.15) is 30.9 Å². The van der Waals surface area contributed by atoms with Gasteiger partial charge in [0.1, 0.15) is 0 Å². The van der Waals surface area contributed by atoms with E-state index in [2.05, 4.69) is 15.4 Å². The first-order valence-electron chi connectivity index (χ1n) is 11.6. The Morgan fingerprint density at radius 3 is 2.06 bits per heavy atom. The van der Waals surface area contributed by atoms with E-state index in [-0.39, 0.29) is 35.1 Å². The number of nitrogens with zero attached hydrogens (tertiary/aromatic N) is 1. The average molecular weight is 501 g/mol. The first-order valence-corrected chi connectivity index (χ1v) is 13.1. The first kappa shape index (κ1) is 26.4. The van der Waals surface area contributed by atoms with Gasteiger partial charge >= 0.3 is 0 Å². The van der Waals surface area contributed by atoms with Crippen LogP contribution in [0.25, 0.3) is 0 Å². The van der Waals surface area contributed by atoms with Crippen molar-refractivity contribution >= 4 is 33.4 Å². The topological polar surface area (TPSA) is 125 Å². The molecule has 1 heterocycles. The molecule has 3 rings (SSSR count). The van der Waals surface area contributed by atoms with E-state index in [1.54, 1.807) is 29.2 Å². The third-order valence-corrected chi connectivity index (χ3v) is 7.53. The summed E-state index contributed by atoms with van der Waals surface area (Å²) in [6, 6.07) is 12.8. The van der Waals surface area contributed by atoms with Crippen LogP contribution in [0.2, 0.25) is 0 Å². The van der Waals surface area contributed by atoms with E-state index in [1.165, 1.54) is 19.1 Å². The summed E-state index contributed by atoms with van der Waals surface area (Å²) in [7, 11) is -3.82. The summed E-state index contributed by atoms with van der Waals surface area (Å²) < 4.78 is 27.6. The lowest BCUT2D eigenvalue weighted by Gasteiger charge is -2.33. The second-order valence-corrected chi connectivity index (χ2v) is 10.6. The molecule has 1 fully saturated rings. The molecule has 0 bridgehead atoms. The number of benzene rings is 2. The van der Waals surface area contributed by atoms with Crippen molar-refractivity contribution in [1.29, 1.82) is 0 Å². The van der Waals surface area contributed by atoms with Crippen LogP contribution < -0.4 is 15.4 Å². The van der Waals surface area contributed by atoms with Crippen LogP contribution >= 0.6 is 0 Å². The fourth-order valence-electron chi connectivity index (χ4n) is 3.86. The minimum atomic E-state index is -3.82. The zero-order valence-electron chi connectivity index (χ0n) is 20.2. The van der Waals surface area contributed by atoms with Gasteiger partial charge in [-0.2, -0.15) is 4.72 Å². The van der Waals surface area contributed by atoms with Crippen LogP contribution in [0.4, 0.5) is 5.69 Å². The number of carbonyl (C=O) groups is 3. The fourth-order valence-corrected chi connectivity index (χ4v) is 5.06. The largest absolute Gasteiger partial charge is 0.347 e. The average Bonchev–Trinajstić information content (AvgIpc) is 2.83. The monoisotopic (exact) mass is 500 g/mol. The van der Waals surface area contributed by atoms with Crippen LogP contribution in [0.15, 0.2) is 53.4 Å². The molecule has 9 nitrogen and oxygen atoms in total. The Bertz CT molecular complexity index is 1160. The summed E-state index contributed by atoms with van der Waals surface area (Å²) in [5.41, 5.74) is 2.68. The van der Waals surface area contributed by atoms with Crippen molar-refractivity contribution in [2.45, 2.75) is 44.6 Å². The summed E-state index contributed by atoms with van der Waals surface area (Å²) in [6.45, 7) is 5.87. The van der Waals surface area contributed by atoms with Gasteiger partial charge in [-0.1, -0.05) is 35.4 Å². The molecular weight excluding hydrogens is 468 g/mol. The molecule has 1 aliphatic heterocycles. The molecule has 0 unspecified atom stereocenters. The molecule has 1 aliphatic rings. The van der Waals surface area contributed by atoms with Crippen LogP contribution in [-0.4, -0.2) is 56.7 Å². The smallest absolute Gasteiger partial charge is 0.243 e. The standard InChI is InChI=1S/C25H32N4O5S/c1-17-4-8-21(9-5-17)27-23(30)16-26-24(31)20-12-14-29(15-13-20)25(32)19(3)28-35(33,34)22-10-6-18(2)7-11-22/h4-11,19-20,28H,12-16H2,1-3H3,(H,26,31)(H,27,30)/t19-/m0/s1. The van der Waals surface area contributed by atoms with E-state index in [1.807, 2.05) is 26.0 Å². The van der Waals surface area contributed by atoms with Crippen molar-refractivity contribution in [2.75, 3.05) is 25.0 Å². The number of aryl methyl sites for hydroxylation is 2. The zero-order chi connectivity index (χ0) is 25.6. The van der Waals surface area contributed by atoms with Gasteiger partial charge in [0.25, 0.3) is 0 Å². The maximum absolute atomic E-state index is 12.8. The predicted octanol–water partition coefficient (Wildman–Crippen LogP) is 1.96. The molecule has 188 valence electrons. The molecule has 1 saturated heterocycles. The number of nitrogens with one attached hydrogen (secondary N) is 3. The predicted molar refractivity (Wildman–Crippen MR) is 133 cm³/mol. The van der Waals surface area contributed by atoms with E-state index in [0.29, 0.717) is 31.6 Å². The van der Waals surface area contributed by atoms with Gasteiger partial charge in [-0.05, 0) is 57.9 Å². The van der Waals surface area contributed by atoms with Gasteiger partial charge in [0.2, 0.25) is 27.7 Å². The molecule has 0 saturated carbocycles. The highest BCUT2D eigenvalue weighted by molar-refractivity contribution is 7.89. The molecule has 2 aromatic carbocycles. The third-order valence-electron chi connectivity index (χ3n) is 5.97. The SMILES string of the molecule is Cc1ccc(NC(=O)CNC(=O)C2CCN(C(=O)[C@H](C)NS(=O)(=O)c3ccc(C)cc3)CC2)cc1. The molecule has 0 spiro atoms. The maximum atomic E-state index is 12.8. The summed E-state index contributed by atoms with van der Waals surface area (Å²) in [5.74, 6) is -1.20. The molecule has 0 aromatic heterocycles. The summed E-state index contributed by atoms with van der Waals surface area (Å²) in [6.07, 6.45) is 0.878. The first-order chi connectivity index (χ1) is 16.5. The number of hydrogen-bond acceptors (Lipinski definition) is 5. The van der Waals surface area contributed by atoms with Crippen molar-refractivity contribution in [3.8, 4) is 0 Å². The molecule has 3 amide bonds. The maximum Gasteiger partial charge on any atom is 0.243 e. The summed E-state index contributed by atoms with van der Waals surface area (Å²) in [4.78, 5) is 39.1. The van der Waals surface area contributed by atoms with Gasteiger partial charge < -0.3 is 15.5 Å². The van der Waals surface area contributed by atoms with Crippen molar-refractivity contribution < 1.29 is 22.8 Å². The van der Waals surface area contributed by atoms with Gasteiger partial charge in [0.15, 0.2) is 0 Å². The molecule has 0 aliphatic carbocycles. The molecule has 1 atom stereocenters. The number of sulfonamides is 1.